The maximum atomic E-state index is 6.66. The van der Waals surface area contributed by atoms with Gasteiger partial charge in [-0.1, -0.05) is 54.1 Å². The van der Waals surface area contributed by atoms with Gasteiger partial charge in [0, 0.05) is 36.1 Å². The lowest BCUT2D eigenvalue weighted by atomic mass is 9.93. The van der Waals surface area contributed by atoms with Crippen LogP contribution in [0.4, 0.5) is 0 Å². The Balaban J connectivity index is 1.73. The molecule has 0 N–H and O–H groups in total. The van der Waals surface area contributed by atoms with Gasteiger partial charge in [-0.3, -0.25) is 4.90 Å². The van der Waals surface area contributed by atoms with Crippen LogP contribution in [-0.4, -0.2) is 22.6 Å². The predicted octanol–water partition coefficient (Wildman–Crippen LogP) is 5.86. The molecule has 1 aliphatic heterocycles. The van der Waals surface area contributed by atoms with Crippen molar-refractivity contribution in [1.29, 1.82) is 0 Å². The molecule has 2 aromatic carbocycles. The second kappa shape index (κ2) is 7.09. The summed E-state index contributed by atoms with van der Waals surface area (Å²) < 4.78 is 2.51. The Bertz CT molecular complexity index is 913. The minimum absolute atomic E-state index is 0.421. The SMILES string of the molecule is CC1Cc2c(c3cccc(Cl)c3n2CCCc2ccccc2)C(C)N1C. The monoisotopic (exact) mass is 366 g/mol. The lowest BCUT2D eigenvalue weighted by Gasteiger charge is -2.36. The molecule has 2 nitrogen and oxygen atoms in total. The number of nitrogens with zero attached hydrogens (tertiary/aromatic N) is 2. The summed E-state index contributed by atoms with van der Waals surface area (Å²) in [7, 11) is 2.24. The lowest BCUT2D eigenvalue weighted by Crippen LogP contribution is -2.38. The normalized spacial score (nSPS) is 20.5. The molecule has 2 unspecified atom stereocenters. The molecule has 1 aliphatic rings. The first-order chi connectivity index (χ1) is 12.6. The molecule has 136 valence electrons. The Kier molecular flexibility index (Phi) is 4.81. The number of benzene rings is 2. The Morgan fingerprint density at radius 1 is 1.04 bits per heavy atom. The molecule has 0 saturated carbocycles. The summed E-state index contributed by atoms with van der Waals surface area (Å²) in [6.45, 7) is 5.67. The van der Waals surface area contributed by atoms with Gasteiger partial charge in [-0.25, -0.2) is 0 Å². The van der Waals surface area contributed by atoms with E-state index in [1.807, 2.05) is 6.07 Å². The van der Waals surface area contributed by atoms with Crippen LogP contribution in [0.5, 0.6) is 0 Å². The van der Waals surface area contributed by atoms with E-state index in [4.69, 9.17) is 11.6 Å². The number of halogens is 1. The van der Waals surface area contributed by atoms with Crippen LogP contribution in [0, 0.1) is 0 Å². The zero-order valence-corrected chi connectivity index (χ0v) is 16.6. The Hall–Kier alpha value is -1.77. The summed E-state index contributed by atoms with van der Waals surface area (Å²) in [5, 5.41) is 2.21. The van der Waals surface area contributed by atoms with E-state index in [0.717, 1.165) is 30.8 Å². The molecule has 3 aromatic rings. The number of hydrogen-bond acceptors (Lipinski definition) is 1. The zero-order valence-electron chi connectivity index (χ0n) is 15.9. The zero-order chi connectivity index (χ0) is 18.3. The number of rotatable bonds is 4. The summed E-state index contributed by atoms with van der Waals surface area (Å²) in [5.41, 5.74) is 5.59. The third kappa shape index (κ3) is 2.95. The van der Waals surface area contributed by atoms with Crippen LogP contribution in [0.25, 0.3) is 10.9 Å². The van der Waals surface area contributed by atoms with Crippen LogP contribution in [-0.2, 0) is 19.4 Å². The first-order valence-corrected chi connectivity index (χ1v) is 10.0. The van der Waals surface area contributed by atoms with Crippen LogP contribution in [0.3, 0.4) is 0 Å². The Morgan fingerprint density at radius 3 is 2.58 bits per heavy atom. The van der Waals surface area contributed by atoms with E-state index in [0.29, 0.717) is 12.1 Å². The number of likely N-dealkylation sites (N-methyl/N-ethyl adjacent to an activating group) is 1. The lowest BCUT2D eigenvalue weighted by molar-refractivity contribution is 0.177. The van der Waals surface area contributed by atoms with Crippen molar-refractivity contribution in [2.24, 2.45) is 0 Å². The molecule has 1 aromatic heterocycles. The third-order valence-electron chi connectivity index (χ3n) is 6.09. The van der Waals surface area contributed by atoms with Crippen molar-refractivity contribution in [3.05, 3.63) is 70.4 Å². The highest BCUT2D eigenvalue weighted by Gasteiger charge is 2.32. The summed E-state index contributed by atoms with van der Waals surface area (Å²) in [4.78, 5) is 2.48. The van der Waals surface area contributed by atoms with Crippen molar-refractivity contribution >= 4 is 22.5 Å². The van der Waals surface area contributed by atoms with Gasteiger partial charge in [0.1, 0.15) is 0 Å². The van der Waals surface area contributed by atoms with Gasteiger partial charge >= 0.3 is 0 Å². The summed E-state index contributed by atoms with van der Waals surface area (Å²) in [6.07, 6.45) is 3.32. The van der Waals surface area contributed by atoms with Gasteiger partial charge in [0.25, 0.3) is 0 Å². The van der Waals surface area contributed by atoms with Crippen molar-refractivity contribution in [1.82, 2.24) is 9.47 Å². The average molecular weight is 367 g/mol. The van der Waals surface area contributed by atoms with Gasteiger partial charge in [-0.15, -0.1) is 0 Å². The van der Waals surface area contributed by atoms with Crippen LogP contribution in [0.15, 0.2) is 48.5 Å². The quantitative estimate of drug-likeness (QED) is 0.561. The van der Waals surface area contributed by atoms with Gasteiger partial charge < -0.3 is 4.57 Å². The number of fused-ring (bicyclic) bond motifs is 3. The average Bonchev–Trinajstić information content (AvgIpc) is 2.95. The molecule has 0 bridgehead atoms. The van der Waals surface area contributed by atoms with Crippen molar-refractivity contribution in [2.75, 3.05) is 7.05 Å². The van der Waals surface area contributed by atoms with Crippen molar-refractivity contribution in [3.8, 4) is 0 Å². The molecule has 4 rings (SSSR count). The highest BCUT2D eigenvalue weighted by molar-refractivity contribution is 6.35. The van der Waals surface area contributed by atoms with Gasteiger partial charge in [0.15, 0.2) is 0 Å². The van der Waals surface area contributed by atoms with E-state index in [1.165, 1.54) is 27.7 Å². The number of hydrogen-bond donors (Lipinski definition) is 0. The van der Waals surface area contributed by atoms with Crippen molar-refractivity contribution < 1.29 is 0 Å². The largest absolute Gasteiger partial charge is 0.343 e. The molecule has 26 heavy (non-hydrogen) atoms. The number of para-hydroxylation sites is 1. The van der Waals surface area contributed by atoms with Gasteiger partial charge in [-0.05, 0) is 50.9 Å². The molecule has 2 heterocycles. The smallest absolute Gasteiger partial charge is 0.0675 e. The second-order valence-corrected chi connectivity index (χ2v) is 8.04. The highest BCUT2D eigenvalue weighted by Crippen LogP contribution is 2.41. The minimum atomic E-state index is 0.421. The molecule has 0 amide bonds. The van der Waals surface area contributed by atoms with E-state index in [1.54, 1.807) is 0 Å². The van der Waals surface area contributed by atoms with Crippen LogP contribution in [0.2, 0.25) is 5.02 Å². The maximum Gasteiger partial charge on any atom is 0.0675 e. The van der Waals surface area contributed by atoms with Crippen molar-refractivity contribution in [2.45, 2.75) is 51.7 Å². The van der Waals surface area contributed by atoms with Crippen molar-refractivity contribution in [3.63, 3.8) is 0 Å². The molecule has 0 saturated heterocycles. The van der Waals surface area contributed by atoms with Crippen LogP contribution in [0.1, 0.15) is 43.1 Å². The fourth-order valence-electron chi connectivity index (χ4n) is 4.47. The molecule has 0 aliphatic carbocycles. The maximum absolute atomic E-state index is 6.66. The summed E-state index contributed by atoms with van der Waals surface area (Å²) in [5.74, 6) is 0. The Morgan fingerprint density at radius 2 is 1.81 bits per heavy atom. The first kappa shape index (κ1) is 17.6. The van der Waals surface area contributed by atoms with Gasteiger partial charge in [-0.2, -0.15) is 0 Å². The highest BCUT2D eigenvalue weighted by atomic mass is 35.5. The molecule has 0 radical (unpaired) electrons. The predicted molar refractivity (Wildman–Crippen MR) is 111 cm³/mol. The third-order valence-corrected chi connectivity index (χ3v) is 6.39. The molecule has 2 atom stereocenters. The second-order valence-electron chi connectivity index (χ2n) is 7.63. The van der Waals surface area contributed by atoms with Crippen LogP contribution < -0.4 is 0 Å². The van der Waals surface area contributed by atoms with E-state index < -0.39 is 0 Å². The van der Waals surface area contributed by atoms with E-state index >= 15 is 0 Å². The van der Waals surface area contributed by atoms with E-state index in [2.05, 4.69) is 72.8 Å². The summed E-state index contributed by atoms with van der Waals surface area (Å²) in [6, 6.07) is 18.1. The standard InChI is InChI=1S/C23H27ClN2/c1-16-15-21-22(17(2)25(16)3)19-12-7-13-20(24)23(19)26(21)14-8-11-18-9-5-4-6-10-18/h4-7,9-10,12-13,16-17H,8,11,14-15H2,1-3H3. The summed E-state index contributed by atoms with van der Waals surface area (Å²) >= 11 is 6.66. The molecule has 0 fully saturated rings. The fourth-order valence-corrected chi connectivity index (χ4v) is 4.75. The van der Waals surface area contributed by atoms with Gasteiger partial charge in [0.2, 0.25) is 0 Å². The fraction of sp³-hybridized carbons (Fsp3) is 0.391. The van der Waals surface area contributed by atoms with Crippen LogP contribution >= 0.6 is 11.6 Å². The van der Waals surface area contributed by atoms with Gasteiger partial charge in [0.05, 0.1) is 10.5 Å². The molecule has 3 heteroatoms. The van der Waals surface area contributed by atoms with E-state index in [-0.39, 0.29) is 0 Å². The Labute approximate surface area is 161 Å². The van der Waals surface area contributed by atoms with E-state index in [9.17, 15) is 0 Å². The first-order valence-electron chi connectivity index (χ1n) is 9.63. The molecular formula is C23H27ClN2. The topological polar surface area (TPSA) is 8.17 Å². The number of aryl methyl sites for hydroxylation is 2. The minimum Gasteiger partial charge on any atom is -0.343 e. The number of aromatic nitrogens is 1. The molecule has 0 spiro atoms. The molecular weight excluding hydrogens is 340 g/mol.